The fraction of sp³-hybridized carbons (Fsp3) is 0.478. The highest BCUT2D eigenvalue weighted by molar-refractivity contribution is 6.32. The van der Waals surface area contributed by atoms with Crippen LogP contribution < -0.4 is 14.6 Å². The topological polar surface area (TPSA) is 41.0 Å². The van der Waals surface area contributed by atoms with Crippen LogP contribution in [0.4, 0.5) is 24.7 Å². The molecule has 1 aromatic carbocycles. The summed E-state index contributed by atoms with van der Waals surface area (Å²) < 4.78 is 46.0. The predicted molar refractivity (Wildman–Crippen MR) is 121 cm³/mol. The van der Waals surface area contributed by atoms with Crippen LogP contribution in [0.25, 0.3) is 0 Å². The third kappa shape index (κ3) is 4.65. The van der Waals surface area contributed by atoms with Crippen molar-refractivity contribution in [2.75, 3.05) is 23.0 Å². The van der Waals surface area contributed by atoms with E-state index in [1.807, 2.05) is 19.1 Å². The number of benzene rings is 1. The van der Waals surface area contributed by atoms with Gasteiger partial charge in [0, 0.05) is 38.0 Å². The molecule has 0 bridgehead atoms. The highest BCUT2D eigenvalue weighted by atomic mass is 35.5. The summed E-state index contributed by atoms with van der Waals surface area (Å²) in [7, 11) is 0. The lowest BCUT2D eigenvalue weighted by atomic mass is 9.95. The molecule has 2 aromatic rings. The SMILES string of the molecule is CC[C@H]1C(C)C(C(F)(F)F)=NN1c1ccc(OC2CCN(c3ncccc3Cl)CC2)cc1. The molecule has 0 radical (unpaired) electrons. The maximum atomic E-state index is 13.3. The van der Waals surface area contributed by atoms with Crippen molar-refractivity contribution in [2.45, 2.75) is 51.4 Å². The summed E-state index contributed by atoms with van der Waals surface area (Å²) in [6.45, 7) is 5.05. The minimum atomic E-state index is -4.42. The highest BCUT2D eigenvalue weighted by Gasteiger charge is 2.47. The van der Waals surface area contributed by atoms with Crippen LogP contribution in [0.2, 0.25) is 5.02 Å². The molecule has 1 unspecified atom stereocenters. The molecule has 0 spiro atoms. The van der Waals surface area contributed by atoms with E-state index in [1.54, 1.807) is 37.4 Å². The number of anilines is 2. The van der Waals surface area contributed by atoms with Crippen molar-refractivity contribution in [1.82, 2.24) is 4.98 Å². The Morgan fingerprint density at radius 1 is 1.12 bits per heavy atom. The fourth-order valence-electron chi connectivity index (χ4n) is 4.43. The van der Waals surface area contributed by atoms with Crippen LogP contribution in [-0.4, -0.2) is 42.1 Å². The third-order valence-electron chi connectivity index (χ3n) is 6.13. The smallest absolute Gasteiger partial charge is 0.431 e. The second kappa shape index (κ2) is 9.17. The van der Waals surface area contributed by atoms with Gasteiger partial charge in [0.05, 0.1) is 16.8 Å². The summed E-state index contributed by atoms with van der Waals surface area (Å²) >= 11 is 6.25. The zero-order valence-corrected chi connectivity index (χ0v) is 18.8. The maximum Gasteiger partial charge on any atom is 0.431 e. The minimum absolute atomic E-state index is 0.0599. The largest absolute Gasteiger partial charge is 0.490 e. The lowest BCUT2D eigenvalue weighted by molar-refractivity contribution is -0.0620. The van der Waals surface area contributed by atoms with E-state index < -0.39 is 17.8 Å². The molecule has 0 amide bonds. The Morgan fingerprint density at radius 3 is 2.41 bits per heavy atom. The van der Waals surface area contributed by atoms with Crippen molar-refractivity contribution in [3.63, 3.8) is 0 Å². The van der Waals surface area contributed by atoms with Crippen LogP contribution in [0.5, 0.6) is 5.75 Å². The van der Waals surface area contributed by atoms with Crippen molar-refractivity contribution in [3.05, 3.63) is 47.6 Å². The zero-order valence-electron chi connectivity index (χ0n) is 18.0. The van der Waals surface area contributed by atoms with E-state index in [2.05, 4.69) is 15.0 Å². The molecule has 0 aliphatic carbocycles. The molecule has 32 heavy (non-hydrogen) atoms. The number of hydrogen-bond acceptors (Lipinski definition) is 5. The molecule has 0 N–H and O–H groups in total. The van der Waals surface area contributed by atoms with Gasteiger partial charge in [-0.3, -0.25) is 5.01 Å². The zero-order chi connectivity index (χ0) is 22.9. The quantitative estimate of drug-likeness (QED) is 0.547. The van der Waals surface area contributed by atoms with E-state index in [0.717, 1.165) is 31.7 Å². The molecule has 1 aromatic heterocycles. The number of hydrogen-bond donors (Lipinski definition) is 0. The third-order valence-corrected chi connectivity index (χ3v) is 6.43. The number of alkyl halides is 3. The Hall–Kier alpha value is -2.48. The molecular formula is C23H26ClF3N4O. The molecule has 3 heterocycles. The molecule has 4 rings (SSSR count). The van der Waals surface area contributed by atoms with Gasteiger partial charge in [-0.15, -0.1) is 0 Å². The summed E-state index contributed by atoms with van der Waals surface area (Å²) in [6.07, 6.45) is -0.396. The lowest BCUT2D eigenvalue weighted by Gasteiger charge is -2.33. The monoisotopic (exact) mass is 466 g/mol. The molecule has 0 saturated carbocycles. The van der Waals surface area contributed by atoms with Crippen LogP contribution >= 0.6 is 11.6 Å². The summed E-state index contributed by atoms with van der Waals surface area (Å²) in [4.78, 5) is 6.52. The molecule has 9 heteroatoms. The Bertz CT molecular complexity index is 958. The van der Waals surface area contributed by atoms with Gasteiger partial charge in [0.2, 0.25) is 0 Å². The number of ether oxygens (including phenoxy) is 1. The number of halogens is 4. The van der Waals surface area contributed by atoms with Gasteiger partial charge in [0.25, 0.3) is 0 Å². The molecule has 2 atom stereocenters. The Balaban J connectivity index is 1.38. The minimum Gasteiger partial charge on any atom is -0.490 e. The predicted octanol–water partition coefficient (Wildman–Crippen LogP) is 5.94. The van der Waals surface area contributed by atoms with E-state index >= 15 is 0 Å². The standard InChI is InChI=1S/C23H26ClF3N4O/c1-3-20-15(2)21(23(25,26)27)29-31(20)16-6-8-17(9-7-16)32-18-10-13-30(14-11-18)22-19(24)5-4-12-28-22/h4-9,12,15,18,20H,3,10-11,13-14H2,1-2H3/t15?,20-/m0/s1. The Kier molecular flexibility index (Phi) is 6.51. The van der Waals surface area contributed by atoms with Gasteiger partial charge in [0.15, 0.2) is 0 Å². The van der Waals surface area contributed by atoms with Gasteiger partial charge in [-0.2, -0.15) is 18.3 Å². The first kappa shape index (κ1) is 22.7. The summed E-state index contributed by atoms with van der Waals surface area (Å²) in [5, 5.41) is 6.05. The number of pyridine rings is 1. The Labute approximate surface area is 190 Å². The molecule has 2 aliphatic heterocycles. The van der Waals surface area contributed by atoms with E-state index in [4.69, 9.17) is 16.3 Å². The van der Waals surface area contributed by atoms with E-state index in [-0.39, 0.29) is 12.1 Å². The fourth-order valence-corrected chi connectivity index (χ4v) is 4.67. The first-order valence-corrected chi connectivity index (χ1v) is 11.2. The number of hydrazone groups is 1. The van der Waals surface area contributed by atoms with Crippen molar-refractivity contribution in [3.8, 4) is 5.75 Å². The van der Waals surface area contributed by atoms with Gasteiger partial charge in [-0.05, 0) is 42.8 Å². The normalized spacial score (nSPS) is 22.2. The van der Waals surface area contributed by atoms with Gasteiger partial charge >= 0.3 is 6.18 Å². The number of nitrogens with zero attached hydrogens (tertiary/aromatic N) is 4. The van der Waals surface area contributed by atoms with Crippen LogP contribution in [0, 0.1) is 5.92 Å². The van der Waals surface area contributed by atoms with Gasteiger partial charge in [-0.1, -0.05) is 25.4 Å². The molecule has 172 valence electrons. The maximum absolute atomic E-state index is 13.3. The molecule has 1 saturated heterocycles. The molecule has 1 fully saturated rings. The van der Waals surface area contributed by atoms with E-state index in [9.17, 15) is 13.2 Å². The van der Waals surface area contributed by atoms with Crippen LogP contribution in [0.3, 0.4) is 0 Å². The average Bonchev–Trinajstić information content (AvgIpc) is 3.12. The Morgan fingerprint density at radius 2 is 1.81 bits per heavy atom. The van der Waals surface area contributed by atoms with Gasteiger partial charge < -0.3 is 9.64 Å². The number of rotatable bonds is 5. The van der Waals surface area contributed by atoms with Crippen LogP contribution in [-0.2, 0) is 0 Å². The second-order valence-corrected chi connectivity index (χ2v) is 8.61. The van der Waals surface area contributed by atoms with Gasteiger partial charge in [0.1, 0.15) is 23.4 Å². The number of aromatic nitrogens is 1. The van der Waals surface area contributed by atoms with E-state index in [1.165, 1.54) is 5.01 Å². The summed E-state index contributed by atoms with van der Waals surface area (Å²) in [5.74, 6) is 0.818. The van der Waals surface area contributed by atoms with Crippen LogP contribution in [0.1, 0.15) is 33.1 Å². The summed E-state index contributed by atoms with van der Waals surface area (Å²) in [5.41, 5.74) is -0.0839. The highest BCUT2D eigenvalue weighted by Crippen LogP contribution is 2.37. The molecule has 5 nitrogen and oxygen atoms in total. The molecule has 2 aliphatic rings. The van der Waals surface area contributed by atoms with Crippen molar-refractivity contribution >= 4 is 28.8 Å². The molecular weight excluding hydrogens is 441 g/mol. The van der Waals surface area contributed by atoms with Crippen molar-refractivity contribution < 1.29 is 17.9 Å². The number of piperidine rings is 1. The second-order valence-electron chi connectivity index (χ2n) is 8.20. The van der Waals surface area contributed by atoms with E-state index in [0.29, 0.717) is 22.9 Å². The summed E-state index contributed by atoms with van der Waals surface area (Å²) in [6, 6.07) is 10.5. The first-order valence-electron chi connectivity index (χ1n) is 10.8. The first-order chi connectivity index (χ1) is 15.3. The van der Waals surface area contributed by atoms with Gasteiger partial charge in [-0.25, -0.2) is 4.98 Å². The average molecular weight is 467 g/mol. The lowest BCUT2D eigenvalue weighted by Crippen LogP contribution is -2.38. The van der Waals surface area contributed by atoms with Crippen molar-refractivity contribution in [1.29, 1.82) is 0 Å². The van der Waals surface area contributed by atoms with Crippen molar-refractivity contribution in [2.24, 2.45) is 11.0 Å². The van der Waals surface area contributed by atoms with Crippen LogP contribution in [0.15, 0.2) is 47.7 Å².